The van der Waals surface area contributed by atoms with Crippen molar-refractivity contribution < 1.29 is 0 Å². The van der Waals surface area contributed by atoms with Crippen molar-refractivity contribution in [1.82, 2.24) is 10.3 Å². The highest BCUT2D eigenvalue weighted by atomic mass is 14.9. The molecule has 1 aliphatic heterocycles. The number of benzene rings is 1. The number of nitrogens with one attached hydrogen (secondary N) is 2. The van der Waals surface area contributed by atoms with Gasteiger partial charge in [-0.15, -0.1) is 0 Å². The molecular formula is C15H20N2. The van der Waals surface area contributed by atoms with Gasteiger partial charge >= 0.3 is 0 Å². The number of fused-ring (bicyclic) bond motifs is 1. The van der Waals surface area contributed by atoms with Crippen LogP contribution in [0.2, 0.25) is 0 Å². The Morgan fingerprint density at radius 3 is 3.12 bits per heavy atom. The van der Waals surface area contributed by atoms with E-state index in [0.29, 0.717) is 0 Å². The Morgan fingerprint density at radius 1 is 1.35 bits per heavy atom. The quantitative estimate of drug-likeness (QED) is 0.812. The largest absolute Gasteiger partial charge is 0.361 e. The lowest BCUT2D eigenvalue weighted by Gasteiger charge is -2.22. The standard InChI is InChI=1S/C15H20N2/c1-11-4-2-6-14-13(10-17-15(11)14)8-12-5-3-7-16-9-12/h2,4,6,10,12,16-17H,3,5,7-9H2,1H3. The van der Waals surface area contributed by atoms with Crippen molar-refractivity contribution in [1.29, 1.82) is 0 Å². The first-order chi connectivity index (χ1) is 8.34. The first-order valence-electron chi connectivity index (χ1n) is 6.61. The van der Waals surface area contributed by atoms with Crippen molar-refractivity contribution in [2.75, 3.05) is 13.1 Å². The van der Waals surface area contributed by atoms with Gasteiger partial charge in [0.05, 0.1) is 0 Å². The van der Waals surface area contributed by atoms with E-state index in [0.717, 1.165) is 5.92 Å². The third-order valence-corrected chi connectivity index (χ3v) is 3.92. The second-order valence-corrected chi connectivity index (χ2v) is 5.23. The van der Waals surface area contributed by atoms with E-state index in [4.69, 9.17) is 0 Å². The number of rotatable bonds is 2. The summed E-state index contributed by atoms with van der Waals surface area (Å²) in [6.07, 6.45) is 6.10. The molecule has 1 unspecified atom stereocenters. The molecule has 1 aromatic heterocycles. The van der Waals surface area contributed by atoms with Gasteiger partial charge in [-0.3, -0.25) is 0 Å². The van der Waals surface area contributed by atoms with Crippen molar-refractivity contribution in [3.05, 3.63) is 35.5 Å². The summed E-state index contributed by atoms with van der Waals surface area (Å²) in [5.74, 6) is 0.809. The summed E-state index contributed by atoms with van der Waals surface area (Å²) in [5, 5.41) is 4.91. The van der Waals surface area contributed by atoms with Crippen LogP contribution in [0.3, 0.4) is 0 Å². The van der Waals surface area contributed by atoms with Gasteiger partial charge in [0.15, 0.2) is 0 Å². The van der Waals surface area contributed by atoms with E-state index in [9.17, 15) is 0 Å². The number of H-pyrrole nitrogens is 1. The van der Waals surface area contributed by atoms with Crippen LogP contribution >= 0.6 is 0 Å². The molecule has 1 aromatic carbocycles. The molecular weight excluding hydrogens is 208 g/mol. The van der Waals surface area contributed by atoms with E-state index in [-0.39, 0.29) is 0 Å². The fourth-order valence-electron chi connectivity index (χ4n) is 2.94. The maximum absolute atomic E-state index is 3.50. The Kier molecular flexibility index (Phi) is 2.89. The molecule has 1 atom stereocenters. The van der Waals surface area contributed by atoms with E-state index in [1.807, 2.05) is 0 Å². The van der Waals surface area contributed by atoms with Gasteiger partial charge in [0.1, 0.15) is 0 Å². The number of para-hydroxylation sites is 1. The average molecular weight is 228 g/mol. The molecule has 0 amide bonds. The van der Waals surface area contributed by atoms with Gasteiger partial charge < -0.3 is 10.3 Å². The lowest BCUT2D eigenvalue weighted by atomic mass is 9.92. The van der Waals surface area contributed by atoms with E-state index in [1.165, 1.54) is 54.4 Å². The maximum atomic E-state index is 3.50. The Morgan fingerprint density at radius 2 is 2.29 bits per heavy atom. The van der Waals surface area contributed by atoms with Crippen LogP contribution in [-0.4, -0.2) is 18.1 Å². The number of aryl methyl sites for hydroxylation is 1. The van der Waals surface area contributed by atoms with E-state index in [1.54, 1.807) is 0 Å². The first kappa shape index (κ1) is 10.8. The average Bonchev–Trinajstić information content (AvgIpc) is 2.76. The lowest BCUT2D eigenvalue weighted by molar-refractivity contribution is 0.377. The molecule has 2 aromatic rings. The third-order valence-electron chi connectivity index (χ3n) is 3.92. The molecule has 0 aliphatic carbocycles. The summed E-state index contributed by atoms with van der Waals surface area (Å²) in [6.45, 7) is 4.55. The Bertz CT molecular complexity index is 507. The van der Waals surface area contributed by atoms with Gasteiger partial charge in [-0.1, -0.05) is 18.2 Å². The van der Waals surface area contributed by atoms with Crippen LogP contribution in [0.5, 0.6) is 0 Å². The van der Waals surface area contributed by atoms with Crippen molar-refractivity contribution in [2.24, 2.45) is 5.92 Å². The Hall–Kier alpha value is -1.28. The van der Waals surface area contributed by atoms with Crippen LogP contribution in [0, 0.1) is 12.8 Å². The fraction of sp³-hybridized carbons (Fsp3) is 0.467. The Labute approximate surface area is 102 Å². The molecule has 0 bridgehead atoms. The predicted molar refractivity (Wildman–Crippen MR) is 72.3 cm³/mol. The summed E-state index contributed by atoms with van der Waals surface area (Å²) in [6, 6.07) is 6.57. The van der Waals surface area contributed by atoms with Gasteiger partial charge in [0, 0.05) is 17.1 Å². The zero-order valence-corrected chi connectivity index (χ0v) is 10.4. The van der Waals surface area contributed by atoms with Gasteiger partial charge in [-0.25, -0.2) is 0 Å². The van der Waals surface area contributed by atoms with Crippen LogP contribution in [0.1, 0.15) is 24.0 Å². The number of piperidine rings is 1. The minimum atomic E-state index is 0.809. The number of aromatic amines is 1. The number of hydrogen-bond acceptors (Lipinski definition) is 1. The molecule has 3 rings (SSSR count). The monoisotopic (exact) mass is 228 g/mol. The molecule has 2 nitrogen and oxygen atoms in total. The molecule has 2 N–H and O–H groups in total. The zero-order valence-electron chi connectivity index (χ0n) is 10.4. The van der Waals surface area contributed by atoms with Crippen LogP contribution in [-0.2, 0) is 6.42 Å². The number of hydrogen-bond donors (Lipinski definition) is 2. The highest BCUT2D eigenvalue weighted by molar-refractivity contribution is 5.85. The highest BCUT2D eigenvalue weighted by Crippen LogP contribution is 2.25. The second kappa shape index (κ2) is 4.53. The minimum Gasteiger partial charge on any atom is -0.361 e. The van der Waals surface area contributed by atoms with E-state index in [2.05, 4.69) is 41.6 Å². The van der Waals surface area contributed by atoms with Crippen LogP contribution in [0.15, 0.2) is 24.4 Å². The minimum absolute atomic E-state index is 0.809. The summed E-state index contributed by atoms with van der Waals surface area (Å²) < 4.78 is 0. The predicted octanol–water partition coefficient (Wildman–Crippen LogP) is 3.02. The molecule has 0 saturated carbocycles. The topological polar surface area (TPSA) is 27.8 Å². The number of aromatic nitrogens is 1. The van der Waals surface area contributed by atoms with Gasteiger partial charge in [0.25, 0.3) is 0 Å². The highest BCUT2D eigenvalue weighted by Gasteiger charge is 2.15. The summed E-state index contributed by atoms with van der Waals surface area (Å²) in [7, 11) is 0. The van der Waals surface area contributed by atoms with Gasteiger partial charge in [-0.05, 0) is 56.3 Å². The maximum Gasteiger partial charge on any atom is 0.0486 e. The third kappa shape index (κ3) is 2.09. The first-order valence-corrected chi connectivity index (χ1v) is 6.61. The van der Waals surface area contributed by atoms with E-state index < -0.39 is 0 Å². The molecule has 1 saturated heterocycles. The summed E-state index contributed by atoms with van der Waals surface area (Å²) in [5.41, 5.74) is 4.14. The van der Waals surface area contributed by atoms with Crippen molar-refractivity contribution in [3.8, 4) is 0 Å². The molecule has 1 fully saturated rings. The molecule has 1 aliphatic rings. The summed E-state index contributed by atoms with van der Waals surface area (Å²) in [4.78, 5) is 3.43. The van der Waals surface area contributed by atoms with Crippen LogP contribution in [0.4, 0.5) is 0 Å². The molecule has 90 valence electrons. The molecule has 0 radical (unpaired) electrons. The van der Waals surface area contributed by atoms with Crippen molar-refractivity contribution in [3.63, 3.8) is 0 Å². The smallest absolute Gasteiger partial charge is 0.0486 e. The Balaban J connectivity index is 1.87. The summed E-state index contributed by atoms with van der Waals surface area (Å²) >= 11 is 0. The SMILES string of the molecule is Cc1cccc2c(CC3CCCNC3)c[nH]c12. The van der Waals surface area contributed by atoms with Crippen molar-refractivity contribution >= 4 is 10.9 Å². The normalized spacial score (nSPS) is 20.9. The lowest BCUT2D eigenvalue weighted by Crippen LogP contribution is -2.30. The molecule has 2 heterocycles. The van der Waals surface area contributed by atoms with Gasteiger partial charge in [0.2, 0.25) is 0 Å². The molecule has 0 spiro atoms. The zero-order chi connectivity index (χ0) is 11.7. The van der Waals surface area contributed by atoms with Gasteiger partial charge in [-0.2, -0.15) is 0 Å². The second-order valence-electron chi connectivity index (χ2n) is 5.23. The van der Waals surface area contributed by atoms with E-state index >= 15 is 0 Å². The molecule has 17 heavy (non-hydrogen) atoms. The van der Waals surface area contributed by atoms with Crippen LogP contribution in [0.25, 0.3) is 10.9 Å². The van der Waals surface area contributed by atoms with Crippen molar-refractivity contribution in [2.45, 2.75) is 26.2 Å². The molecule has 2 heteroatoms. The fourth-order valence-corrected chi connectivity index (χ4v) is 2.94. The van der Waals surface area contributed by atoms with Crippen LogP contribution < -0.4 is 5.32 Å².